The van der Waals surface area contributed by atoms with Crippen molar-refractivity contribution in [3.8, 4) is 0 Å². The van der Waals surface area contributed by atoms with Gasteiger partial charge >= 0.3 is 0 Å². The highest BCUT2D eigenvalue weighted by molar-refractivity contribution is 14.1. The van der Waals surface area contributed by atoms with Gasteiger partial charge in [-0.25, -0.2) is 0 Å². The van der Waals surface area contributed by atoms with E-state index < -0.39 is 0 Å². The van der Waals surface area contributed by atoms with E-state index in [9.17, 15) is 4.79 Å². The number of nitrogens with one attached hydrogen (secondary N) is 1. The van der Waals surface area contributed by atoms with Crippen molar-refractivity contribution in [3.63, 3.8) is 0 Å². The molecule has 5 heteroatoms. The number of amides is 1. The number of rotatable bonds is 3. The van der Waals surface area contributed by atoms with Crippen LogP contribution in [0.5, 0.6) is 0 Å². The van der Waals surface area contributed by atoms with Crippen molar-refractivity contribution in [3.05, 3.63) is 31.8 Å². The van der Waals surface area contributed by atoms with E-state index in [2.05, 4.69) is 66.7 Å². The molecule has 0 spiro atoms. The zero-order chi connectivity index (χ0) is 14.8. The molecule has 110 valence electrons. The van der Waals surface area contributed by atoms with Gasteiger partial charge in [-0.15, -0.1) is 0 Å². The summed E-state index contributed by atoms with van der Waals surface area (Å²) >= 11 is 9.29. The summed E-state index contributed by atoms with van der Waals surface area (Å²) in [6, 6.07) is 5.85. The van der Waals surface area contributed by atoms with E-state index in [1.807, 2.05) is 18.2 Å². The van der Waals surface area contributed by atoms with Gasteiger partial charge in [0.15, 0.2) is 0 Å². The lowest BCUT2D eigenvalue weighted by molar-refractivity contribution is 0.0873. The SMILES string of the molecule is CC1CCC(CBr)(NC(=O)c2cc(I)ccc2Br)CC1. The zero-order valence-corrected chi connectivity index (χ0v) is 16.7. The predicted octanol–water partition coefficient (Wildman–Crippen LogP) is 5.13. The molecule has 0 heterocycles. The summed E-state index contributed by atoms with van der Waals surface area (Å²) in [7, 11) is 0. The van der Waals surface area contributed by atoms with Gasteiger partial charge in [0.25, 0.3) is 5.91 Å². The van der Waals surface area contributed by atoms with E-state index in [-0.39, 0.29) is 11.4 Å². The summed E-state index contributed by atoms with van der Waals surface area (Å²) in [5.74, 6) is 0.785. The average molecular weight is 515 g/mol. The average Bonchev–Trinajstić information content (AvgIpc) is 2.44. The Kier molecular flexibility index (Phi) is 5.94. The Morgan fingerprint density at radius 2 is 2.10 bits per heavy atom. The molecule has 1 N–H and O–H groups in total. The maximum absolute atomic E-state index is 12.6. The maximum atomic E-state index is 12.6. The number of carbonyl (C=O) groups is 1. The standard InChI is InChI=1S/C15H18Br2INO/c1-10-4-6-15(9-16,7-5-10)19-14(20)12-8-11(18)2-3-13(12)17/h2-3,8,10H,4-7,9H2,1H3,(H,19,20). The van der Waals surface area contributed by atoms with Crippen LogP contribution in [0.4, 0.5) is 0 Å². The van der Waals surface area contributed by atoms with Crippen molar-refractivity contribution in [1.29, 1.82) is 0 Å². The fourth-order valence-electron chi connectivity index (χ4n) is 2.59. The molecule has 2 nitrogen and oxygen atoms in total. The van der Waals surface area contributed by atoms with Gasteiger partial charge in [-0.2, -0.15) is 0 Å². The summed E-state index contributed by atoms with van der Waals surface area (Å²) in [5, 5.41) is 4.09. The second-order valence-corrected chi connectivity index (χ2v) is 8.34. The minimum absolute atomic E-state index is 0.0180. The Balaban J connectivity index is 2.15. The number of halogens is 3. The molecule has 1 aromatic carbocycles. The number of carbonyl (C=O) groups excluding carboxylic acids is 1. The molecule has 0 saturated heterocycles. The molecule has 0 unspecified atom stereocenters. The third kappa shape index (κ3) is 3.97. The minimum Gasteiger partial charge on any atom is -0.346 e. The number of hydrogen-bond acceptors (Lipinski definition) is 1. The van der Waals surface area contributed by atoms with E-state index in [1.165, 1.54) is 12.8 Å². The van der Waals surface area contributed by atoms with Gasteiger partial charge in [0.1, 0.15) is 0 Å². The summed E-state index contributed by atoms with van der Waals surface area (Å²) in [4.78, 5) is 12.6. The zero-order valence-electron chi connectivity index (χ0n) is 11.4. The molecule has 1 amide bonds. The van der Waals surface area contributed by atoms with Crippen molar-refractivity contribution in [2.45, 2.75) is 38.1 Å². The lowest BCUT2D eigenvalue weighted by Gasteiger charge is -2.39. The number of hydrogen-bond donors (Lipinski definition) is 1. The first-order valence-electron chi connectivity index (χ1n) is 6.79. The third-order valence-corrected chi connectivity index (χ3v) is 6.47. The van der Waals surface area contributed by atoms with Crippen molar-refractivity contribution >= 4 is 60.4 Å². The molecular formula is C15H18Br2INO. The molecule has 1 saturated carbocycles. The lowest BCUT2D eigenvalue weighted by Crippen LogP contribution is -2.52. The van der Waals surface area contributed by atoms with Gasteiger partial charge in [-0.3, -0.25) is 4.79 Å². The molecule has 1 aromatic rings. The quantitative estimate of drug-likeness (QED) is 0.440. The Bertz CT molecular complexity index is 499. The monoisotopic (exact) mass is 513 g/mol. The van der Waals surface area contributed by atoms with Gasteiger partial charge < -0.3 is 5.32 Å². The van der Waals surface area contributed by atoms with Crippen LogP contribution in [0.1, 0.15) is 43.0 Å². The first kappa shape index (κ1) is 16.7. The third-order valence-electron chi connectivity index (χ3n) is 4.04. The Morgan fingerprint density at radius 1 is 1.45 bits per heavy atom. The van der Waals surface area contributed by atoms with E-state index >= 15 is 0 Å². The van der Waals surface area contributed by atoms with E-state index in [4.69, 9.17) is 0 Å². The summed E-state index contributed by atoms with van der Waals surface area (Å²) in [6.45, 7) is 2.29. The Morgan fingerprint density at radius 3 is 2.70 bits per heavy atom. The first-order chi connectivity index (χ1) is 9.46. The van der Waals surface area contributed by atoms with Crippen molar-refractivity contribution < 1.29 is 4.79 Å². The first-order valence-corrected chi connectivity index (χ1v) is 9.79. The molecule has 1 fully saturated rings. The highest BCUT2D eigenvalue weighted by atomic mass is 127. The Labute approximate surface area is 150 Å². The maximum Gasteiger partial charge on any atom is 0.252 e. The molecule has 2 rings (SSSR count). The van der Waals surface area contributed by atoms with Gasteiger partial charge in [0.05, 0.1) is 11.1 Å². The second-order valence-electron chi connectivity index (χ2n) is 5.67. The smallest absolute Gasteiger partial charge is 0.252 e. The summed E-state index contributed by atoms with van der Waals surface area (Å²) < 4.78 is 1.92. The van der Waals surface area contributed by atoms with Gasteiger partial charge in [-0.05, 0) is 88.3 Å². The fraction of sp³-hybridized carbons (Fsp3) is 0.533. The highest BCUT2D eigenvalue weighted by Crippen LogP contribution is 2.33. The van der Waals surface area contributed by atoms with Crippen molar-refractivity contribution in [2.24, 2.45) is 5.92 Å². The normalized spacial score (nSPS) is 26.3. The van der Waals surface area contributed by atoms with Crippen molar-refractivity contribution in [2.75, 3.05) is 5.33 Å². The predicted molar refractivity (Wildman–Crippen MR) is 98.5 cm³/mol. The minimum atomic E-state index is -0.0929. The molecule has 1 aliphatic carbocycles. The molecule has 0 aromatic heterocycles. The lowest BCUT2D eigenvalue weighted by atomic mass is 9.78. The van der Waals surface area contributed by atoms with Crippen molar-refractivity contribution in [1.82, 2.24) is 5.32 Å². The van der Waals surface area contributed by atoms with E-state index in [1.54, 1.807) is 0 Å². The number of benzene rings is 1. The summed E-state index contributed by atoms with van der Waals surface area (Å²) in [5.41, 5.74) is 0.625. The summed E-state index contributed by atoms with van der Waals surface area (Å²) in [6.07, 6.45) is 4.46. The molecule has 20 heavy (non-hydrogen) atoms. The molecule has 0 aliphatic heterocycles. The van der Waals surface area contributed by atoms with Gasteiger partial charge in [0, 0.05) is 13.4 Å². The molecule has 0 radical (unpaired) electrons. The largest absolute Gasteiger partial charge is 0.346 e. The van der Waals surface area contributed by atoms with Crippen LogP contribution in [0.25, 0.3) is 0 Å². The highest BCUT2D eigenvalue weighted by Gasteiger charge is 2.35. The van der Waals surface area contributed by atoms with Crippen LogP contribution < -0.4 is 5.32 Å². The van der Waals surface area contributed by atoms with Crippen LogP contribution >= 0.6 is 54.5 Å². The van der Waals surface area contributed by atoms with Gasteiger partial charge in [-0.1, -0.05) is 22.9 Å². The van der Waals surface area contributed by atoms with Crippen LogP contribution in [-0.4, -0.2) is 16.8 Å². The fourth-order valence-corrected chi connectivity index (χ4v) is 4.21. The molecule has 0 atom stereocenters. The molecular weight excluding hydrogens is 497 g/mol. The van der Waals surface area contributed by atoms with Crippen LogP contribution in [0, 0.1) is 9.49 Å². The Hall–Kier alpha value is 0.380. The van der Waals surface area contributed by atoms with Crippen LogP contribution in [0.2, 0.25) is 0 Å². The molecule has 0 bridgehead atoms. The van der Waals surface area contributed by atoms with Gasteiger partial charge in [0.2, 0.25) is 0 Å². The van der Waals surface area contributed by atoms with E-state index in [0.29, 0.717) is 0 Å². The van der Waals surface area contributed by atoms with Crippen LogP contribution in [-0.2, 0) is 0 Å². The topological polar surface area (TPSA) is 29.1 Å². The number of alkyl halides is 1. The second kappa shape index (κ2) is 7.09. The van der Waals surface area contributed by atoms with Crippen LogP contribution in [0.3, 0.4) is 0 Å². The van der Waals surface area contributed by atoms with Crippen LogP contribution in [0.15, 0.2) is 22.7 Å². The van der Waals surface area contributed by atoms with E-state index in [0.717, 1.165) is 37.7 Å². The molecule has 1 aliphatic rings.